The topological polar surface area (TPSA) is 112 Å². The summed E-state index contributed by atoms with van der Waals surface area (Å²) in [6.45, 7) is 7.83. The monoisotopic (exact) mass is 440 g/mol. The minimum atomic E-state index is -0.833. The molecule has 0 heterocycles. The van der Waals surface area contributed by atoms with Gasteiger partial charge in [0.15, 0.2) is 0 Å². The zero-order valence-corrected chi connectivity index (χ0v) is 18.8. The van der Waals surface area contributed by atoms with E-state index < -0.39 is 17.9 Å². The fourth-order valence-corrected chi connectivity index (χ4v) is 4.89. The van der Waals surface area contributed by atoms with Crippen LogP contribution in [0.2, 0.25) is 8.87 Å². The molecule has 0 amide bonds. The van der Waals surface area contributed by atoms with Crippen LogP contribution < -0.4 is 0 Å². The van der Waals surface area contributed by atoms with Crippen molar-refractivity contribution < 1.29 is 32.6 Å². The van der Waals surface area contributed by atoms with Crippen molar-refractivity contribution in [1.82, 2.24) is 0 Å². The molecule has 0 unspecified atom stereocenters. The molecule has 0 rings (SSSR count). The van der Waals surface area contributed by atoms with Crippen LogP contribution in [0.25, 0.3) is 0 Å². The van der Waals surface area contributed by atoms with E-state index in [9.17, 15) is 0 Å². The van der Waals surface area contributed by atoms with Crippen molar-refractivity contribution in [3.63, 3.8) is 0 Å². The van der Waals surface area contributed by atoms with Crippen LogP contribution in [0.15, 0.2) is 0 Å². The third-order valence-electron chi connectivity index (χ3n) is 1.41. The van der Waals surface area contributed by atoms with Gasteiger partial charge in [-0.1, -0.05) is 0 Å². The molecule has 2 radical (unpaired) electrons. The molecular formula is C14H32MgO6Sn. The molecule has 8 heteroatoms. The molecule has 130 valence electrons. The van der Waals surface area contributed by atoms with E-state index in [0.29, 0.717) is 0 Å². The zero-order valence-electron chi connectivity index (χ0n) is 16.5. The van der Waals surface area contributed by atoms with Crippen molar-refractivity contribution in [3.05, 3.63) is 0 Å². The average molecular weight is 439 g/mol. The number of carboxylic acid groups (broad SMARTS) is 3. The molecule has 22 heavy (non-hydrogen) atoms. The Hall–Kier alpha value is -0.0251. The largest absolute Gasteiger partial charge is 2.00 e. The Morgan fingerprint density at radius 1 is 0.773 bits per heavy atom. The van der Waals surface area contributed by atoms with Gasteiger partial charge in [-0.2, -0.15) is 0 Å². The van der Waals surface area contributed by atoms with Crippen LogP contribution in [0.5, 0.6) is 0 Å². The summed E-state index contributed by atoms with van der Waals surface area (Å²) in [5.41, 5.74) is 0. The molecular weight excluding hydrogens is 407 g/mol. The Kier molecular flexibility index (Phi) is 50.0. The van der Waals surface area contributed by atoms with Crippen LogP contribution in [-0.4, -0.2) is 77.4 Å². The molecule has 0 bridgehead atoms. The molecule has 0 fully saturated rings. The van der Waals surface area contributed by atoms with E-state index in [1.54, 1.807) is 8.87 Å². The average Bonchev–Trinajstić information content (AvgIpc) is 2.26. The van der Waals surface area contributed by atoms with E-state index in [1.165, 1.54) is 25.7 Å². The van der Waals surface area contributed by atoms with E-state index in [0.717, 1.165) is 20.8 Å². The minimum absolute atomic E-state index is 0. The van der Waals surface area contributed by atoms with Crippen molar-refractivity contribution in [2.24, 2.45) is 0 Å². The number of carboxylic acids is 3. The molecule has 0 aliphatic rings. The SMILES string of the molecule is CC(=O)O.CC(=O)O.CC(=O)O.CCC[CH2][Sn][CH2]CCC.[H-].[H-].[Mg+2]. The molecule has 0 aromatic heterocycles. The summed E-state index contributed by atoms with van der Waals surface area (Å²) in [5.74, 6) is -2.50. The first kappa shape index (κ1) is 33.6. The van der Waals surface area contributed by atoms with Gasteiger partial charge in [0.25, 0.3) is 17.9 Å². The van der Waals surface area contributed by atoms with Gasteiger partial charge in [0.1, 0.15) is 0 Å². The second kappa shape index (κ2) is 32.8. The number of rotatable bonds is 6. The van der Waals surface area contributed by atoms with Gasteiger partial charge < -0.3 is 18.2 Å². The van der Waals surface area contributed by atoms with Gasteiger partial charge in [-0.05, 0) is 0 Å². The van der Waals surface area contributed by atoms with Crippen molar-refractivity contribution in [2.45, 2.75) is 69.2 Å². The maximum Gasteiger partial charge on any atom is 2.00 e. The molecule has 0 saturated carbocycles. The molecule has 0 aliphatic carbocycles. The van der Waals surface area contributed by atoms with E-state index in [-0.39, 0.29) is 47.0 Å². The number of aliphatic carboxylic acids is 3. The summed E-state index contributed by atoms with van der Waals surface area (Å²) in [7, 11) is 0. The predicted molar refractivity (Wildman–Crippen MR) is 93.1 cm³/mol. The van der Waals surface area contributed by atoms with Gasteiger partial charge >= 0.3 is 92.6 Å². The van der Waals surface area contributed by atoms with Gasteiger partial charge in [0.05, 0.1) is 0 Å². The first-order valence-electron chi connectivity index (χ1n) is 6.90. The third-order valence-corrected chi connectivity index (χ3v) is 5.45. The maximum atomic E-state index is 9.00. The standard InChI is InChI=1S/2C4H9.3C2H4O2.Mg.Sn.2H/c2*1-3-4-2;3*1-2(3)4;;;;/h2*1,3-4H2,2H3;3*1H3,(H,3,4);;;;/q;;;;;+2;;2*-1. The Labute approximate surface area is 163 Å². The fraction of sp³-hybridized carbons (Fsp3) is 0.786. The van der Waals surface area contributed by atoms with E-state index in [2.05, 4.69) is 13.8 Å². The quantitative estimate of drug-likeness (QED) is 0.433. The number of hydrogen-bond acceptors (Lipinski definition) is 3. The Morgan fingerprint density at radius 2 is 0.955 bits per heavy atom. The molecule has 0 aromatic carbocycles. The first-order chi connectivity index (χ1) is 9.61. The summed E-state index contributed by atoms with van der Waals surface area (Å²) in [6, 6.07) is 0. The van der Waals surface area contributed by atoms with Gasteiger partial charge in [-0.15, -0.1) is 0 Å². The van der Waals surface area contributed by atoms with Crippen molar-refractivity contribution in [1.29, 1.82) is 0 Å². The molecule has 0 atom stereocenters. The second-order valence-corrected chi connectivity index (χ2v) is 8.30. The summed E-state index contributed by atoms with van der Waals surface area (Å²) in [6.07, 6.45) is 5.84. The normalized spacial score (nSPS) is 7.50. The van der Waals surface area contributed by atoms with E-state index >= 15 is 0 Å². The molecule has 0 aromatic rings. The van der Waals surface area contributed by atoms with Crippen molar-refractivity contribution in [3.8, 4) is 0 Å². The molecule has 6 nitrogen and oxygen atoms in total. The number of unbranched alkanes of at least 4 members (excludes halogenated alkanes) is 2. The van der Waals surface area contributed by atoms with Gasteiger partial charge in [0.2, 0.25) is 0 Å². The van der Waals surface area contributed by atoms with E-state index in [4.69, 9.17) is 29.7 Å². The van der Waals surface area contributed by atoms with Crippen LogP contribution in [-0.2, 0) is 14.4 Å². The summed E-state index contributed by atoms with van der Waals surface area (Å²) >= 11 is 0.149. The summed E-state index contributed by atoms with van der Waals surface area (Å²) < 4.78 is 3.25. The Morgan fingerprint density at radius 3 is 1.09 bits per heavy atom. The number of carbonyl (C=O) groups is 3. The van der Waals surface area contributed by atoms with Crippen LogP contribution in [0.4, 0.5) is 0 Å². The van der Waals surface area contributed by atoms with Crippen molar-refractivity contribution in [2.75, 3.05) is 0 Å². The zero-order chi connectivity index (χ0) is 17.7. The third kappa shape index (κ3) is 201. The molecule has 0 aliphatic heterocycles. The maximum absolute atomic E-state index is 9.00. The molecule has 0 spiro atoms. The molecule has 3 N–H and O–H groups in total. The van der Waals surface area contributed by atoms with Gasteiger partial charge in [-0.25, -0.2) is 0 Å². The number of hydrogen-bond donors (Lipinski definition) is 3. The van der Waals surface area contributed by atoms with Crippen molar-refractivity contribution >= 4 is 62.1 Å². The first-order valence-corrected chi connectivity index (χ1v) is 10.9. The Balaban J connectivity index is -0.0000000334. The predicted octanol–water partition coefficient (Wildman–Crippen LogP) is 3.24. The van der Waals surface area contributed by atoms with Crippen LogP contribution in [0.1, 0.15) is 63.2 Å². The minimum Gasteiger partial charge on any atom is -1.00 e. The van der Waals surface area contributed by atoms with Gasteiger partial charge in [-0.3, -0.25) is 14.4 Å². The summed E-state index contributed by atoms with van der Waals surface area (Å²) in [4.78, 5) is 27.0. The van der Waals surface area contributed by atoms with Crippen LogP contribution in [0, 0.1) is 0 Å². The van der Waals surface area contributed by atoms with Gasteiger partial charge in [0, 0.05) is 20.8 Å². The van der Waals surface area contributed by atoms with E-state index in [1.807, 2.05) is 0 Å². The smallest absolute Gasteiger partial charge is 1.00 e. The Bertz CT molecular complexity index is 213. The fourth-order valence-electron chi connectivity index (χ4n) is 0.729. The summed E-state index contributed by atoms with van der Waals surface area (Å²) in [5, 5.41) is 22.2. The second-order valence-electron chi connectivity index (χ2n) is 4.01. The molecule has 0 saturated heterocycles. The van der Waals surface area contributed by atoms with Crippen LogP contribution >= 0.6 is 0 Å². The van der Waals surface area contributed by atoms with Crippen LogP contribution in [0.3, 0.4) is 0 Å².